The van der Waals surface area contributed by atoms with Crippen molar-refractivity contribution in [3.63, 3.8) is 0 Å². The van der Waals surface area contributed by atoms with E-state index in [1.54, 1.807) is 0 Å². The highest BCUT2D eigenvalue weighted by Crippen LogP contribution is 2.45. The number of phosphoric acid groups is 2. The molecule has 17 nitrogen and oxygen atoms in total. The molecule has 5 atom stereocenters. The first-order chi connectivity index (χ1) is 49.2. The van der Waals surface area contributed by atoms with E-state index in [-0.39, 0.29) is 25.7 Å². The number of esters is 4. The molecule has 0 rings (SSSR count). The molecule has 0 aromatic rings. The Kier molecular flexibility index (Phi) is 71.0. The van der Waals surface area contributed by atoms with Gasteiger partial charge in [0, 0.05) is 25.7 Å². The molecule has 0 saturated heterocycles. The van der Waals surface area contributed by atoms with Crippen LogP contribution in [0.4, 0.5) is 0 Å². The molecule has 3 unspecified atom stereocenters. The van der Waals surface area contributed by atoms with Crippen molar-refractivity contribution in [1.29, 1.82) is 0 Å². The van der Waals surface area contributed by atoms with E-state index in [1.165, 1.54) is 199 Å². The molecule has 0 aliphatic heterocycles. The highest BCUT2D eigenvalue weighted by Gasteiger charge is 2.30. The first kappa shape index (κ1) is 99.5. The Bertz CT molecular complexity index is 2070. The van der Waals surface area contributed by atoms with Crippen LogP contribution in [-0.4, -0.2) is 96.7 Å². The molecule has 0 aromatic heterocycles. The number of aliphatic hydroxyl groups is 1. The van der Waals surface area contributed by atoms with E-state index in [4.69, 9.17) is 37.0 Å². The molecule has 0 radical (unpaired) electrons. The van der Waals surface area contributed by atoms with Crippen molar-refractivity contribution in [1.82, 2.24) is 0 Å². The standard InChI is InChI=1S/C83H158O17P2/c1-8-9-10-11-12-13-14-15-19-27-32-37-44-52-59-66-83(88)100-79(71-94-81(86)65-58-51-46-39-42-49-56-63-76(6)7)73-98-102(91,92)96-69-77(84)68-95-101(89,90)97-72-78(99-82(87)67-60-53-45-38-33-28-23-18-21-25-30-35-41-48-55-62-75(4)5)70-93-80(85)64-57-50-43-36-31-26-22-17-16-20-24-29-34-40-47-54-61-74(2)3/h13-15,19,74-79,84H,8-12,16-18,20-73H2,1-7H3,(H,89,90)(H,91,92)/b14-13-,19-15-/t77?,78-,79-/m1/s1. The second kappa shape index (κ2) is 72.7. The van der Waals surface area contributed by atoms with Gasteiger partial charge in [0.2, 0.25) is 0 Å². The zero-order chi connectivity index (χ0) is 75.1. The fourth-order valence-corrected chi connectivity index (χ4v) is 13.9. The van der Waals surface area contributed by atoms with Crippen molar-refractivity contribution in [3.05, 3.63) is 24.3 Å². The van der Waals surface area contributed by atoms with Crippen LogP contribution in [0.2, 0.25) is 0 Å². The molecule has 19 heteroatoms. The van der Waals surface area contributed by atoms with Gasteiger partial charge in [-0.2, -0.15) is 0 Å². The summed E-state index contributed by atoms with van der Waals surface area (Å²) < 4.78 is 68.7. The van der Waals surface area contributed by atoms with Crippen LogP contribution in [0, 0.1) is 17.8 Å². The van der Waals surface area contributed by atoms with Gasteiger partial charge in [0.15, 0.2) is 12.2 Å². The number of rotatable bonds is 79. The number of phosphoric ester groups is 2. The van der Waals surface area contributed by atoms with Gasteiger partial charge >= 0.3 is 39.5 Å². The van der Waals surface area contributed by atoms with Crippen LogP contribution in [0.5, 0.6) is 0 Å². The van der Waals surface area contributed by atoms with Gasteiger partial charge in [-0.05, 0) is 69.1 Å². The number of hydrogen-bond acceptors (Lipinski definition) is 15. The Morgan fingerprint density at radius 1 is 0.304 bits per heavy atom. The maximum absolute atomic E-state index is 13.1. The van der Waals surface area contributed by atoms with Gasteiger partial charge in [0.1, 0.15) is 19.3 Å². The van der Waals surface area contributed by atoms with E-state index >= 15 is 0 Å². The van der Waals surface area contributed by atoms with E-state index in [0.29, 0.717) is 31.6 Å². The normalized spacial score (nSPS) is 14.1. The lowest BCUT2D eigenvalue weighted by molar-refractivity contribution is -0.161. The molecular weight excluding hydrogens is 1330 g/mol. The molecule has 0 fully saturated rings. The third kappa shape index (κ3) is 75.8. The molecule has 0 heterocycles. The summed E-state index contributed by atoms with van der Waals surface area (Å²) in [5.41, 5.74) is 0. The highest BCUT2D eigenvalue weighted by molar-refractivity contribution is 7.47. The van der Waals surface area contributed by atoms with E-state index in [1.807, 2.05) is 0 Å². The highest BCUT2D eigenvalue weighted by atomic mass is 31.2. The number of aliphatic hydroxyl groups excluding tert-OH is 1. The lowest BCUT2D eigenvalue weighted by Gasteiger charge is -2.21. The lowest BCUT2D eigenvalue weighted by Crippen LogP contribution is -2.30. The number of carbonyl (C=O) groups is 4. The van der Waals surface area contributed by atoms with Gasteiger partial charge < -0.3 is 33.8 Å². The van der Waals surface area contributed by atoms with Gasteiger partial charge in [0.05, 0.1) is 26.4 Å². The number of unbranched alkanes of at least 4 members (excludes halogenated alkanes) is 44. The van der Waals surface area contributed by atoms with E-state index in [2.05, 4.69) is 72.8 Å². The van der Waals surface area contributed by atoms with Gasteiger partial charge in [-0.1, -0.05) is 355 Å². The average Bonchev–Trinajstić information content (AvgIpc) is 0.951. The smallest absolute Gasteiger partial charge is 0.462 e. The molecule has 602 valence electrons. The molecular formula is C83H158O17P2. The Labute approximate surface area is 624 Å². The first-order valence-corrected chi connectivity index (χ1v) is 45.2. The third-order valence-corrected chi connectivity index (χ3v) is 20.7. The van der Waals surface area contributed by atoms with E-state index < -0.39 is 97.5 Å². The second-order valence-corrected chi connectivity index (χ2v) is 33.5. The average molecular weight is 1490 g/mol. The SMILES string of the molecule is CCCCCC/C=C\C=C/CCCCCCCC(=O)O[C@H](COC(=O)CCCCCCCCCC(C)C)COP(=O)(O)OCC(O)COP(=O)(O)OC[C@@H](COC(=O)CCCCCCCCCCCCCCCCCCC(C)C)OC(=O)CCCCCCCCCCCCCCCCCC(C)C. The largest absolute Gasteiger partial charge is 0.472 e. The van der Waals surface area contributed by atoms with Crippen LogP contribution in [0.15, 0.2) is 24.3 Å². The maximum atomic E-state index is 13.1. The minimum absolute atomic E-state index is 0.0842. The lowest BCUT2D eigenvalue weighted by atomic mass is 10.0. The fourth-order valence-electron chi connectivity index (χ4n) is 12.3. The van der Waals surface area contributed by atoms with E-state index in [9.17, 15) is 43.2 Å². The van der Waals surface area contributed by atoms with Crippen LogP contribution >= 0.6 is 15.6 Å². The summed E-state index contributed by atoms with van der Waals surface area (Å²) in [6, 6.07) is 0. The molecule has 0 aliphatic carbocycles. The van der Waals surface area contributed by atoms with Crippen molar-refractivity contribution in [3.8, 4) is 0 Å². The molecule has 0 amide bonds. The summed E-state index contributed by atoms with van der Waals surface area (Å²) in [5.74, 6) is 0.174. The molecule has 0 saturated carbocycles. The third-order valence-electron chi connectivity index (χ3n) is 18.8. The second-order valence-electron chi connectivity index (χ2n) is 30.6. The van der Waals surface area contributed by atoms with Gasteiger partial charge in [0.25, 0.3) is 0 Å². The maximum Gasteiger partial charge on any atom is 0.472 e. The number of ether oxygens (including phenoxy) is 4. The van der Waals surface area contributed by atoms with Gasteiger partial charge in [-0.3, -0.25) is 37.3 Å². The van der Waals surface area contributed by atoms with Crippen LogP contribution < -0.4 is 0 Å². The van der Waals surface area contributed by atoms with Crippen molar-refractivity contribution < 1.29 is 80.2 Å². The first-order valence-electron chi connectivity index (χ1n) is 42.2. The predicted octanol–water partition coefficient (Wildman–Crippen LogP) is 24.5. The predicted molar refractivity (Wildman–Crippen MR) is 418 cm³/mol. The molecule has 102 heavy (non-hydrogen) atoms. The number of carbonyl (C=O) groups excluding carboxylic acids is 4. The summed E-state index contributed by atoms with van der Waals surface area (Å²) in [6.45, 7) is 11.9. The summed E-state index contributed by atoms with van der Waals surface area (Å²) in [4.78, 5) is 73.1. The number of hydrogen-bond donors (Lipinski definition) is 3. The quantitative estimate of drug-likeness (QED) is 0.0169. The van der Waals surface area contributed by atoms with Crippen LogP contribution in [0.1, 0.15) is 408 Å². The Balaban J connectivity index is 5.27. The van der Waals surface area contributed by atoms with Crippen molar-refractivity contribution in [2.75, 3.05) is 39.6 Å². The van der Waals surface area contributed by atoms with Crippen molar-refractivity contribution in [2.45, 2.75) is 426 Å². The van der Waals surface area contributed by atoms with Gasteiger partial charge in [-0.15, -0.1) is 0 Å². The molecule has 0 aromatic carbocycles. The minimum atomic E-state index is -4.97. The molecule has 0 spiro atoms. The summed E-state index contributed by atoms with van der Waals surface area (Å²) >= 11 is 0. The van der Waals surface area contributed by atoms with E-state index in [0.717, 1.165) is 121 Å². The van der Waals surface area contributed by atoms with Crippen LogP contribution in [0.3, 0.4) is 0 Å². The fraction of sp³-hybridized carbons (Fsp3) is 0.904. The number of allylic oxidation sites excluding steroid dienone is 4. The molecule has 0 aliphatic rings. The molecule has 0 bridgehead atoms. The summed E-state index contributed by atoms with van der Waals surface area (Å²) in [5, 5.41) is 10.6. The summed E-state index contributed by atoms with van der Waals surface area (Å²) in [7, 11) is -9.94. The topological polar surface area (TPSA) is 237 Å². The Morgan fingerprint density at radius 2 is 0.529 bits per heavy atom. The monoisotopic (exact) mass is 1490 g/mol. The van der Waals surface area contributed by atoms with Crippen molar-refractivity contribution >= 4 is 39.5 Å². The van der Waals surface area contributed by atoms with Crippen LogP contribution in [-0.2, 0) is 65.4 Å². The Morgan fingerprint density at radius 3 is 0.794 bits per heavy atom. The zero-order valence-corrected chi connectivity index (χ0v) is 68.4. The van der Waals surface area contributed by atoms with Gasteiger partial charge in [-0.25, -0.2) is 9.13 Å². The van der Waals surface area contributed by atoms with Crippen molar-refractivity contribution in [2.24, 2.45) is 17.8 Å². The molecule has 3 N–H and O–H groups in total. The zero-order valence-electron chi connectivity index (χ0n) is 66.6. The summed E-state index contributed by atoms with van der Waals surface area (Å²) in [6.07, 6.45) is 64.7. The van der Waals surface area contributed by atoms with Crippen LogP contribution in [0.25, 0.3) is 0 Å². The minimum Gasteiger partial charge on any atom is -0.462 e. The Hall–Kier alpha value is -2.46.